The molecule has 0 radical (unpaired) electrons. The van der Waals surface area contributed by atoms with Gasteiger partial charge in [0.2, 0.25) is 0 Å². The van der Waals surface area contributed by atoms with E-state index in [4.69, 9.17) is 9.47 Å². The molecule has 1 amide bonds. The topological polar surface area (TPSA) is 42.0 Å². The summed E-state index contributed by atoms with van der Waals surface area (Å²) < 4.78 is 11.7. The van der Waals surface area contributed by atoms with Crippen LogP contribution in [0.1, 0.15) is 29.3 Å². The van der Waals surface area contributed by atoms with Crippen molar-refractivity contribution in [3.05, 3.63) is 59.7 Å². The molecule has 2 aromatic carbocycles. The van der Waals surface area contributed by atoms with E-state index in [1.54, 1.807) is 7.11 Å². The fourth-order valence-corrected chi connectivity index (χ4v) is 4.26. The van der Waals surface area contributed by atoms with Crippen LogP contribution in [0.5, 0.6) is 11.5 Å². The molecule has 4 rings (SSSR count). The number of carbonyl (C=O) groups is 1. The lowest BCUT2D eigenvalue weighted by Gasteiger charge is -2.31. The number of fused-ring (bicyclic) bond motifs is 1. The predicted octanol–water partition coefficient (Wildman–Crippen LogP) is 3.24. The lowest BCUT2D eigenvalue weighted by atomic mass is 9.99. The largest absolute Gasteiger partial charge is 0.493 e. The smallest absolute Gasteiger partial charge is 0.254 e. The first-order chi connectivity index (χ1) is 13.7. The number of benzene rings is 2. The highest BCUT2D eigenvalue weighted by molar-refractivity contribution is 5.96. The molecule has 2 heterocycles. The van der Waals surface area contributed by atoms with Crippen molar-refractivity contribution < 1.29 is 14.3 Å². The first kappa shape index (κ1) is 18.8. The molecule has 5 heteroatoms. The van der Waals surface area contributed by atoms with Gasteiger partial charge in [0, 0.05) is 37.8 Å². The van der Waals surface area contributed by atoms with Crippen LogP contribution in [0.3, 0.4) is 0 Å². The third-order valence-corrected chi connectivity index (χ3v) is 6.01. The van der Waals surface area contributed by atoms with Gasteiger partial charge in [-0.25, -0.2) is 0 Å². The second-order valence-corrected chi connectivity index (χ2v) is 7.57. The fourth-order valence-electron chi connectivity index (χ4n) is 4.26. The van der Waals surface area contributed by atoms with Crippen LogP contribution in [0.2, 0.25) is 0 Å². The maximum atomic E-state index is 12.7. The van der Waals surface area contributed by atoms with Gasteiger partial charge in [0.05, 0.1) is 7.11 Å². The van der Waals surface area contributed by atoms with Gasteiger partial charge in [0.25, 0.3) is 5.91 Å². The Kier molecular flexibility index (Phi) is 5.53. The van der Waals surface area contributed by atoms with Crippen molar-refractivity contribution in [3.63, 3.8) is 0 Å². The Balaban J connectivity index is 1.34. The van der Waals surface area contributed by atoms with Crippen LogP contribution in [0.25, 0.3) is 0 Å². The lowest BCUT2D eigenvalue weighted by Crippen LogP contribution is -2.44. The van der Waals surface area contributed by atoms with Gasteiger partial charge in [-0.3, -0.25) is 9.69 Å². The van der Waals surface area contributed by atoms with E-state index >= 15 is 0 Å². The van der Waals surface area contributed by atoms with Crippen molar-refractivity contribution in [2.75, 3.05) is 33.3 Å². The van der Waals surface area contributed by atoms with Crippen LogP contribution in [0, 0.1) is 0 Å². The van der Waals surface area contributed by atoms with Gasteiger partial charge >= 0.3 is 0 Å². The van der Waals surface area contributed by atoms with Gasteiger partial charge in [0.1, 0.15) is 6.10 Å². The molecule has 0 aromatic heterocycles. The van der Waals surface area contributed by atoms with Gasteiger partial charge in [-0.1, -0.05) is 30.3 Å². The molecule has 0 N–H and O–H groups in total. The molecule has 148 valence electrons. The quantitative estimate of drug-likeness (QED) is 0.772. The fraction of sp³-hybridized carbons (Fsp3) is 0.435. The van der Waals surface area contributed by atoms with Crippen molar-refractivity contribution in [1.82, 2.24) is 9.80 Å². The van der Waals surface area contributed by atoms with Crippen LogP contribution >= 0.6 is 0 Å². The average Bonchev–Trinajstić information content (AvgIpc) is 3.07. The van der Waals surface area contributed by atoms with Gasteiger partial charge in [-0.2, -0.15) is 0 Å². The van der Waals surface area contributed by atoms with Crippen molar-refractivity contribution in [3.8, 4) is 11.5 Å². The molecule has 2 aromatic rings. The van der Waals surface area contributed by atoms with E-state index in [0.29, 0.717) is 6.04 Å². The Hall–Kier alpha value is -2.53. The van der Waals surface area contributed by atoms with Gasteiger partial charge in [0.15, 0.2) is 11.5 Å². The van der Waals surface area contributed by atoms with Crippen LogP contribution in [-0.2, 0) is 6.42 Å². The molecule has 2 aliphatic heterocycles. The minimum atomic E-state index is 0.133. The summed E-state index contributed by atoms with van der Waals surface area (Å²) in [6, 6.07) is 16.1. The van der Waals surface area contributed by atoms with Crippen LogP contribution in [-0.4, -0.2) is 61.1 Å². The van der Waals surface area contributed by atoms with Crippen LogP contribution in [0.15, 0.2) is 48.5 Å². The van der Waals surface area contributed by atoms with E-state index in [1.807, 2.05) is 47.4 Å². The normalized spacial score (nSPS) is 22.2. The number of para-hydroxylation sites is 2. The zero-order valence-electron chi connectivity index (χ0n) is 16.6. The Bertz CT molecular complexity index is 838. The number of carbonyl (C=O) groups excluding carboxylic acids is 1. The minimum Gasteiger partial charge on any atom is -0.493 e. The van der Waals surface area contributed by atoms with E-state index in [0.717, 1.165) is 56.1 Å². The molecule has 0 aliphatic carbocycles. The number of hydrogen-bond donors (Lipinski definition) is 0. The third-order valence-electron chi connectivity index (χ3n) is 6.01. The summed E-state index contributed by atoms with van der Waals surface area (Å²) in [7, 11) is 1.67. The molecular weight excluding hydrogens is 352 g/mol. The highest BCUT2D eigenvalue weighted by Gasteiger charge is 2.33. The van der Waals surface area contributed by atoms with Crippen molar-refractivity contribution in [1.29, 1.82) is 0 Å². The second kappa shape index (κ2) is 8.23. The number of methoxy groups -OCH3 is 1. The van der Waals surface area contributed by atoms with E-state index in [-0.39, 0.29) is 12.0 Å². The van der Waals surface area contributed by atoms with Crippen LogP contribution in [0.4, 0.5) is 0 Å². The second-order valence-electron chi connectivity index (χ2n) is 7.57. The zero-order chi connectivity index (χ0) is 19.5. The third kappa shape index (κ3) is 3.72. The summed E-state index contributed by atoms with van der Waals surface area (Å²) in [4.78, 5) is 17.2. The molecular formula is C23H28N2O3. The molecule has 0 spiro atoms. The molecule has 1 saturated heterocycles. The number of amides is 1. The highest BCUT2D eigenvalue weighted by Crippen LogP contribution is 2.30. The Labute approximate surface area is 166 Å². The SMILES string of the molecule is COc1ccccc1O[C@@H]1CCN(CCN2CCc3ccccc3C2=O)[C@H]1C. The summed E-state index contributed by atoms with van der Waals surface area (Å²) in [6.07, 6.45) is 2.06. The molecule has 5 nitrogen and oxygen atoms in total. The van der Waals surface area contributed by atoms with E-state index in [1.165, 1.54) is 5.56 Å². The van der Waals surface area contributed by atoms with Crippen molar-refractivity contribution in [2.45, 2.75) is 31.9 Å². The first-order valence-electron chi connectivity index (χ1n) is 10.1. The maximum absolute atomic E-state index is 12.7. The lowest BCUT2D eigenvalue weighted by molar-refractivity contribution is 0.0705. The standard InChI is InChI=1S/C23H28N2O3/c1-17-20(28-22-10-6-5-9-21(22)27-2)12-14-24(17)15-16-25-13-11-18-7-3-4-8-19(18)23(25)26/h3-10,17,20H,11-16H2,1-2H3/t17-,20+/m0/s1. The van der Waals surface area contributed by atoms with Gasteiger partial charge < -0.3 is 14.4 Å². The molecule has 1 fully saturated rings. The summed E-state index contributed by atoms with van der Waals surface area (Å²) in [5.41, 5.74) is 2.03. The molecule has 0 saturated carbocycles. The minimum absolute atomic E-state index is 0.133. The Morgan fingerprint density at radius 3 is 2.57 bits per heavy atom. The molecule has 0 unspecified atom stereocenters. The monoisotopic (exact) mass is 380 g/mol. The average molecular weight is 380 g/mol. The number of likely N-dealkylation sites (tertiary alicyclic amines) is 1. The van der Waals surface area contributed by atoms with E-state index < -0.39 is 0 Å². The summed E-state index contributed by atoms with van der Waals surface area (Å²) in [5.74, 6) is 1.73. The molecule has 2 atom stereocenters. The van der Waals surface area contributed by atoms with Crippen LogP contribution < -0.4 is 9.47 Å². The van der Waals surface area contributed by atoms with Crippen molar-refractivity contribution in [2.24, 2.45) is 0 Å². The zero-order valence-corrected chi connectivity index (χ0v) is 16.6. The number of nitrogens with zero attached hydrogens (tertiary/aromatic N) is 2. The van der Waals surface area contributed by atoms with Gasteiger partial charge in [-0.05, 0) is 43.5 Å². The highest BCUT2D eigenvalue weighted by atomic mass is 16.5. The summed E-state index contributed by atoms with van der Waals surface area (Å²) in [5, 5.41) is 0. The maximum Gasteiger partial charge on any atom is 0.254 e. The Morgan fingerprint density at radius 2 is 1.75 bits per heavy atom. The van der Waals surface area contributed by atoms with Crippen molar-refractivity contribution >= 4 is 5.91 Å². The van der Waals surface area contributed by atoms with E-state index in [9.17, 15) is 4.79 Å². The Morgan fingerprint density at radius 1 is 1.00 bits per heavy atom. The number of rotatable bonds is 6. The van der Waals surface area contributed by atoms with Gasteiger partial charge in [-0.15, -0.1) is 0 Å². The molecule has 2 aliphatic rings. The predicted molar refractivity (Wildman–Crippen MR) is 109 cm³/mol. The summed E-state index contributed by atoms with van der Waals surface area (Å²) >= 11 is 0. The summed E-state index contributed by atoms with van der Waals surface area (Å²) in [6.45, 7) is 5.64. The number of ether oxygens (including phenoxy) is 2. The number of hydrogen-bond acceptors (Lipinski definition) is 4. The van der Waals surface area contributed by atoms with E-state index in [2.05, 4.69) is 17.9 Å². The molecule has 0 bridgehead atoms. The first-order valence-corrected chi connectivity index (χ1v) is 10.1. The molecule has 28 heavy (non-hydrogen) atoms.